The number of hydrogen-bond acceptors (Lipinski definition) is 7. The summed E-state index contributed by atoms with van der Waals surface area (Å²) in [6, 6.07) is 9.96. The van der Waals surface area contributed by atoms with Crippen LogP contribution in [0.25, 0.3) is 0 Å². The summed E-state index contributed by atoms with van der Waals surface area (Å²) >= 11 is 0. The summed E-state index contributed by atoms with van der Waals surface area (Å²) < 4.78 is 34.1. The second-order valence-corrected chi connectivity index (χ2v) is 9.22. The summed E-state index contributed by atoms with van der Waals surface area (Å²) in [6.07, 6.45) is 1.21. The fourth-order valence-corrected chi connectivity index (χ4v) is 5.41. The highest BCUT2D eigenvalue weighted by molar-refractivity contribution is 6.60. The van der Waals surface area contributed by atoms with Crippen molar-refractivity contribution in [3.05, 3.63) is 43.0 Å². The lowest BCUT2D eigenvalue weighted by Gasteiger charge is -2.28. The molecule has 0 saturated heterocycles. The lowest BCUT2D eigenvalue weighted by Crippen LogP contribution is -2.46. The van der Waals surface area contributed by atoms with Crippen molar-refractivity contribution < 1.29 is 32.3 Å². The molecule has 31 heavy (non-hydrogen) atoms. The maximum absolute atomic E-state index is 12.3. The van der Waals surface area contributed by atoms with Crippen LogP contribution in [0.3, 0.4) is 0 Å². The topological polar surface area (TPSA) is 84.5 Å². The van der Waals surface area contributed by atoms with Crippen molar-refractivity contribution in [2.24, 2.45) is 0 Å². The number of para-hydroxylation sites is 1. The number of amides is 1. The molecular formula is C22H37NO7Si. The Balaban J connectivity index is 2.47. The van der Waals surface area contributed by atoms with Crippen LogP contribution < -0.4 is 10.1 Å². The molecule has 176 valence electrons. The summed E-state index contributed by atoms with van der Waals surface area (Å²) in [4.78, 5) is 12.3. The predicted octanol–water partition coefficient (Wildman–Crippen LogP) is 3.80. The van der Waals surface area contributed by atoms with Gasteiger partial charge in [-0.25, -0.2) is 4.79 Å². The quantitative estimate of drug-likeness (QED) is 0.205. The Morgan fingerprint density at radius 3 is 2.29 bits per heavy atom. The average Bonchev–Trinajstić information content (AvgIpc) is 2.76. The molecule has 8 nitrogen and oxygen atoms in total. The third-order valence-electron chi connectivity index (χ3n) is 4.01. The molecule has 0 heterocycles. The number of rotatable bonds is 18. The van der Waals surface area contributed by atoms with Gasteiger partial charge in [-0.15, -0.1) is 6.58 Å². The van der Waals surface area contributed by atoms with Crippen LogP contribution in [0.4, 0.5) is 4.79 Å². The van der Waals surface area contributed by atoms with Crippen LogP contribution >= 0.6 is 0 Å². The van der Waals surface area contributed by atoms with E-state index < -0.39 is 21.0 Å². The van der Waals surface area contributed by atoms with Gasteiger partial charge in [-0.3, -0.25) is 0 Å². The van der Waals surface area contributed by atoms with Crippen molar-refractivity contribution in [3.8, 4) is 5.75 Å². The third-order valence-corrected chi connectivity index (χ3v) is 7.17. The summed E-state index contributed by atoms with van der Waals surface area (Å²) in [7, 11) is -2.71. The van der Waals surface area contributed by atoms with E-state index in [4.69, 9.17) is 27.5 Å². The molecule has 1 atom stereocenters. The van der Waals surface area contributed by atoms with Gasteiger partial charge in [0.1, 0.15) is 12.4 Å². The van der Waals surface area contributed by atoms with Gasteiger partial charge in [-0.1, -0.05) is 24.3 Å². The molecule has 0 fully saturated rings. The number of carbonyl (C=O) groups excluding carboxylic acids is 1. The van der Waals surface area contributed by atoms with Gasteiger partial charge in [0, 0.05) is 32.4 Å². The number of ether oxygens (including phenoxy) is 3. The summed E-state index contributed by atoms with van der Waals surface area (Å²) in [5, 5.41) is 2.76. The van der Waals surface area contributed by atoms with Crippen molar-refractivity contribution in [1.82, 2.24) is 5.32 Å². The van der Waals surface area contributed by atoms with Gasteiger partial charge >= 0.3 is 14.9 Å². The molecule has 1 rings (SSSR count). The second-order valence-electron chi connectivity index (χ2n) is 6.49. The Hall–Kier alpha value is -1.91. The monoisotopic (exact) mass is 455 g/mol. The fraction of sp³-hybridized carbons (Fsp3) is 0.591. The Morgan fingerprint density at radius 1 is 1.06 bits per heavy atom. The minimum Gasteiger partial charge on any atom is -0.490 e. The van der Waals surface area contributed by atoms with Gasteiger partial charge in [-0.05, 0) is 39.3 Å². The second kappa shape index (κ2) is 16.7. The summed E-state index contributed by atoms with van der Waals surface area (Å²) in [5.74, 6) is 0.698. The third kappa shape index (κ3) is 11.9. The van der Waals surface area contributed by atoms with E-state index in [1.807, 2.05) is 51.1 Å². The fourth-order valence-electron chi connectivity index (χ4n) is 2.79. The highest BCUT2D eigenvalue weighted by atomic mass is 28.4. The summed E-state index contributed by atoms with van der Waals surface area (Å²) in [5.41, 5.74) is 0. The first-order chi connectivity index (χ1) is 15.1. The van der Waals surface area contributed by atoms with Crippen molar-refractivity contribution in [1.29, 1.82) is 0 Å². The van der Waals surface area contributed by atoms with Gasteiger partial charge in [0.05, 0.1) is 13.2 Å². The number of alkyl carbamates (subject to hydrolysis) is 1. The summed E-state index contributed by atoms with van der Waals surface area (Å²) in [6.45, 7) is 12.1. The van der Waals surface area contributed by atoms with Gasteiger partial charge in [0.25, 0.3) is 0 Å². The van der Waals surface area contributed by atoms with Crippen molar-refractivity contribution in [2.45, 2.75) is 39.3 Å². The van der Waals surface area contributed by atoms with Crippen molar-refractivity contribution >= 4 is 14.9 Å². The van der Waals surface area contributed by atoms with E-state index in [0.29, 0.717) is 51.2 Å². The van der Waals surface area contributed by atoms with Crippen LogP contribution in [-0.4, -0.2) is 67.2 Å². The minimum absolute atomic E-state index is 0.184. The number of nitrogens with one attached hydrogen (secondary N) is 1. The lowest BCUT2D eigenvalue weighted by molar-refractivity contribution is 0.00542. The standard InChI is InChI=1S/C22H37NO7Si/c1-5-16-25-18-21(19-26-20-13-10-9-11-14-20)30-22(24)23-15-12-17-31(27-6-2,28-7-3)29-8-4/h5,9-11,13-14,21H,1,6-8,12,15-19H2,2-4H3,(H,23,24). The first kappa shape index (κ1) is 27.1. The number of benzene rings is 1. The Kier molecular flexibility index (Phi) is 14.6. The molecule has 1 amide bonds. The van der Waals surface area contributed by atoms with Crippen LogP contribution in [0.5, 0.6) is 5.75 Å². The Bertz CT molecular complexity index is 586. The molecule has 1 N–H and O–H groups in total. The lowest BCUT2D eigenvalue weighted by atomic mass is 10.3. The zero-order valence-electron chi connectivity index (χ0n) is 19.0. The first-order valence-electron chi connectivity index (χ1n) is 10.8. The van der Waals surface area contributed by atoms with E-state index in [1.54, 1.807) is 6.08 Å². The number of hydrogen-bond donors (Lipinski definition) is 1. The average molecular weight is 456 g/mol. The largest absolute Gasteiger partial charge is 0.500 e. The highest BCUT2D eigenvalue weighted by Crippen LogP contribution is 2.18. The van der Waals surface area contributed by atoms with Crippen molar-refractivity contribution in [2.75, 3.05) is 46.2 Å². The molecule has 0 spiro atoms. The molecule has 0 aliphatic heterocycles. The van der Waals surface area contributed by atoms with E-state index in [2.05, 4.69) is 11.9 Å². The van der Waals surface area contributed by atoms with Gasteiger partial charge in [-0.2, -0.15) is 0 Å². The zero-order chi connectivity index (χ0) is 22.8. The minimum atomic E-state index is -2.71. The van der Waals surface area contributed by atoms with Crippen LogP contribution in [0.1, 0.15) is 27.2 Å². The van der Waals surface area contributed by atoms with Gasteiger partial charge in [0.15, 0.2) is 6.10 Å². The highest BCUT2D eigenvalue weighted by Gasteiger charge is 2.39. The first-order valence-corrected chi connectivity index (χ1v) is 12.7. The van der Waals surface area contributed by atoms with E-state index in [1.165, 1.54) is 0 Å². The normalized spacial score (nSPS) is 12.2. The molecule has 9 heteroatoms. The van der Waals surface area contributed by atoms with Crippen LogP contribution in [0, 0.1) is 0 Å². The molecule has 0 aromatic heterocycles. The predicted molar refractivity (Wildman–Crippen MR) is 121 cm³/mol. The molecule has 0 aliphatic rings. The van der Waals surface area contributed by atoms with E-state index in [-0.39, 0.29) is 13.2 Å². The van der Waals surface area contributed by atoms with E-state index in [9.17, 15) is 4.79 Å². The van der Waals surface area contributed by atoms with Crippen LogP contribution in [0.2, 0.25) is 6.04 Å². The van der Waals surface area contributed by atoms with Crippen LogP contribution in [-0.2, 0) is 22.8 Å². The van der Waals surface area contributed by atoms with Gasteiger partial charge < -0.3 is 32.8 Å². The number of carbonyl (C=O) groups is 1. The van der Waals surface area contributed by atoms with Gasteiger partial charge in [0.2, 0.25) is 0 Å². The molecule has 0 saturated carbocycles. The molecule has 0 radical (unpaired) electrons. The zero-order valence-corrected chi connectivity index (χ0v) is 20.0. The Morgan fingerprint density at radius 2 is 1.71 bits per heavy atom. The molecule has 1 aromatic rings. The smallest absolute Gasteiger partial charge is 0.490 e. The molecular weight excluding hydrogens is 418 g/mol. The molecule has 1 unspecified atom stereocenters. The van der Waals surface area contributed by atoms with Crippen molar-refractivity contribution in [3.63, 3.8) is 0 Å². The van der Waals surface area contributed by atoms with Crippen LogP contribution in [0.15, 0.2) is 43.0 Å². The maximum atomic E-state index is 12.3. The molecule has 1 aromatic carbocycles. The van der Waals surface area contributed by atoms with E-state index in [0.717, 1.165) is 0 Å². The van der Waals surface area contributed by atoms with E-state index >= 15 is 0 Å². The molecule has 0 bridgehead atoms. The SMILES string of the molecule is C=CCOCC(COc1ccccc1)OC(=O)NCCC[Si](OCC)(OCC)OCC. The Labute approximate surface area is 187 Å². The molecule has 0 aliphatic carbocycles. The maximum Gasteiger partial charge on any atom is 0.500 e.